The number of hydrogen-bond acceptors (Lipinski definition) is 4. The number of rotatable bonds is 6. The fourth-order valence-corrected chi connectivity index (χ4v) is 2.70. The molecule has 0 aliphatic carbocycles. The monoisotopic (exact) mass is 290 g/mol. The Morgan fingerprint density at radius 3 is 2.10 bits per heavy atom. The highest BCUT2D eigenvalue weighted by atomic mass is 32.2. The van der Waals surface area contributed by atoms with Crippen molar-refractivity contribution in [2.24, 2.45) is 0 Å². The maximum Gasteiger partial charge on any atom is 0.183 e. The van der Waals surface area contributed by atoms with Gasteiger partial charge in [0, 0.05) is 30.4 Å². The number of aromatic hydroxyl groups is 1. The Labute approximate surface area is 123 Å². The first-order valence-electron chi connectivity index (χ1n) is 6.29. The van der Waals surface area contributed by atoms with Gasteiger partial charge < -0.3 is 14.6 Å². The Morgan fingerprint density at radius 2 is 1.55 bits per heavy atom. The van der Waals surface area contributed by atoms with Gasteiger partial charge in [0.25, 0.3) is 0 Å². The topological polar surface area (TPSA) is 38.7 Å². The minimum Gasteiger partial charge on any atom is -0.508 e. The fourth-order valence-electron chi connectivity index (χ4n) is 1.85. The molecular formula is C16H18O3S. The van der Waals surface area contributed by atoms with Crippen molar-refractivity contribution in [3.8, 4) is 5.75 Å². The predicted molar refractivity (Wildman–Crippen MR) is 80.9 cm³/mol. The molecule has 0 saturated carbocycles. The summed E-state index contributed by atoms with van der Waals surface area (Å²) in [5, 5.41) is 9.24. The first-order chi connectivity index (χ1) is 9.72. The summed E-state index contributed by atoms with van der Waals surface area (Å²) >= 11 is 1.75. The normalized spacial score (nSPS) is 10.9. The maximum atomic E-state index is 9.24. The van der Waals surface area contributed by atoms with Gasteiger partial charge in [0.05, 0.1) is 0 Å². The molecule has 0 fully saturated rings. The van der Waals surface area contributed by atoms with Crippen LogP contribution in [0.2, 0.25) is 0 Å². The summed E-state index contributed by atoms with van der Waals surface area (Å²) < 4.78 is 10.4. The Kier molecular flexibility index (Phi) is 5.47. The van der Waals surface area contributed by atoms with Gasteiger partial charge in [-0.3, -0.25) is 0 Å². The number of phenols is 1. The molecule has 0 aliphatic rings. The van der Waals surface area contributed by atoms with E-state index in [0.717, 1.165) is 11.3 Å². The van der Waals surface area contributed by atoms with Crippen LogP contribution in [0.1, 0.15) is 17.4 Å². The lowest BCUT2D eigenvalue weighted by molar-refractivity contribution is -0.106. The first kappa shape index (κ1) is 14.9. The number of ether oxygens (including phenoxy) is 2. The summed E-state index contributed by atoms with van der Waals surface area (Å²) in [7, 11) is 3.25. The second-order valence-corrected chi connectivity index (χ2v) is 5.38. The maximum absolute atomic E-state index is 9.24. The van der Waals surface area contributed by atoms with Crippen LogP contribution < -0.4 is 0 Å². The van der Waals surface area contributed by atoms with E-state index in [2.05, 4.69) is 12.1 Å². The largest absolute Gasteiger partial charge is 0.508 e. The molecular weight excluding hydrogens is 272 g/mol. The van der Waals surface area contributed by atoms with E-state index in [1.54, 1.807) is 38.1 Å². The van der Waals surface area contributed by atoms with Crippen LogP contribution in [0.25, 0.3) is 0 Å². The number of thioether (sulfide) groups is 1. The number of phenolic OH excluding ortho intramolecular Hbond substituents is 1. The third kappa shape index (κ3) is 4.00. The molecule has 106 valence electrons. The number of methoxy groups -OCH3 is 2. The van der Waals surface area contributed by atoms with E-state index in [-0.39, 0.29) is 6.29 Å². The molecule has 2 aromatic carbocycles. The zero-order chi connectivity index (χ0) is 14.4. The van der Waals surface area contributed by atoms with E-state index in [1.165, 1.54) is 10.5 Å². The van der Waals surface area contributed by atoms with Gasteiger partial charge in [-0.2, -0.15) is 0 Å². The lowest BCUT2D eigenvalue weighted by Crippen LogP contribution is -2.02. The van der Waals surface area contributed by atoms with Gasteiger partial charge in [-0.25, -0.2) is 0 Å². The Bertz CT molecular complexity index is 518. The Morgan fingerprint density at radius 1 is 0.950 bits per heavy atom. The van der Waals surface area contributed by atoms with Crippen LogP contribution in [0.3, 0.4) is 0 Å². The van der Waals surface area contributed by atoms with Gasteiger partial charge in [0.1, 0.15) is 5.75 Å². The molecule has 0 spiro atoms. The van der Waals surface area contributed by atoms with E-state index < -0.39 is 0 Å². The van der Waals surface area contributed by atoms with Gasteiger partial charge >= 0.3 is 0 Å². The first-order valence-corrected chi connectivity index (χ1v) is 7.27. The Balaban J connectivity index is 1.95. The molecule has 2 aromatic rings. The summed E-state index contributed by atoms with van der Waals surface area (Å²) in [6.45, 7) is 0. The molecule has 0 heterocycles. The van der Waals surface area contributed by atoms with Gasteiger partial charge in [-0.05, 0) is 29.8 Å². The van der Waals surface area contributed by atoms with Crippen molar-refractivity contribution < 1.29 is 14.6 Å². The van der Waals surface area contributed by atoms with Gasteiger partial charge in [-0.15, -0.1) is 11.8 Å². The smallest absolute Gasteiger partial charge is 0.183 e. The van der Waals surface area contributed by atoms with E-state index in [9.17, 15) is 5.11 Å². The number of benzene rings is 2. The zero-order valence-corrected chi connectivity index (χ0v) is 12.4. The standard InChI is InChI=1S/C16H18O3S/c1-18-16(19-2)13-5-9-15(10-6-13)20-11-12-3-7-14(17)8-4-12/h3-10,16-17H,11H2,1-2H3. The molecule has 1 N–H and O–H groups in total. The summed E-state index contributed by atoms with van der Waals surface area (Å²) in [5.41, 5.74) is 2.19. The second-order valence-electron chi connectivity index (χ2n) is 4.33. The van der Waals surface area contributed by atoms with E-state index in [1.807, 2.05) is 24.3 Å². The molecule has 0 bridgehead atoms. The number of hydrogen-bond donors (Lipinski definition) is 1. The average Bonchev–Trinajstić information content (AvgIpc) is 2.49. The lowest BCUT2D eigenvalue weighted by atomic mass is 10.2. The molecule has 0 atom stereocenters. The van der Waals surface area contributed by atoms with Crippen molar-refractivity contribution in [1.29, 1.82) is 0 Å². The van der Waals surface area contributed by atoms with Crippen LogP contribution in [0, 0.1) is 0 Å². The van der Waals surface area contributed by atoms with Crippen molar-refractivity contribution in [1.82, 2.24) is 0 Å². The van der Waals surface area contributed by atoms with Crippen molar-refractivity contribution in [3.05, 3.63) is 59.7 Å². The third-order valence-electron chi connectivity index (χ3n) is 2.92. The average molecular weight is 290 g/mol. The van der Waals surface area contributed by atoms with Gasteiger partial charge in [-0.1, -0.05) is 24.3 Å². The molecule has 0 radical (unpaired) electrons. The predicted octanol–water partition coefficient (Wildman–Crippen LogP) is 3.98. The van der Waals surface area contributed by atoms with Gasteiger partial charge in [0.2, 0.25) is 0 Å². The summed E-state index contributed by atoms with van der Waals surface area (Å²) in [6, 6.07) is 15.4. The molecule has 3 nitrogen and oxygen atoms in total. The van der Waals surface area contributed by atoms with Crippen molar-refractivity contribution >= 4 is 11.8 Å². The zero-order valence-electron chi connectivity index (χ0n) is 11.6. The highest BCUT2D eigenvalue weighted by Gasteiger charge is 2.08. The lowest BCUT2D eigenvalue weighted by Gasteiger charge is -2.13. The van der Waals surface area contributed by atoms with Crippen LogP contribution in [0.5, 0.6) is 5.75 Å². The molecule has 0 unspecified atom stereocenters. The molecule has 0 saturated heterocycles. The molecule has 0 aromatic heterocycles. The molecule has 0 aliphatic heterocycles. The van der Waals surface area contributed by atoms with Crippen LogP contribution in [-0.4, -0.2) is 19.3 Å². The van der Waals surface area contributed by atoms with Crippen LogP contribution in [0.4, 0.5) is 0 Å². The van der Waals surface area contributed by atoms with Crippen LogP contribution in [-0.2, 0) is 15.2 Å². The summed E-state index contributed by atoms with van der Waals surface area (Å²) in [6.07, 6.45) is -0.314. The molecule has 4 heteroatoms. The minimum absolute atomic E-state index is 0.299. The summed E-state index contributed by atoms with van der Waals surface area (Å²) in [5.74, 6) is 1.17. The third-order valence-corrected chi connectivity index (χ3v) is 4.01. The van der Waals surface area contributed by atoms with Crippen molar-refractivity contribution in [2.75, 3.05) is 14.2 Å². The van der Waals surface area contributed by atoms with Crippen LogP contribution in [0.15, 0.2) is 53.4 Å². The Hall–Kier alpha value is -1.49. The molecule has 2 rings (SSSR count). The molecule has 20 heavy (non-hydrogen) atoms. The SMILES string of the molecule is COC(OC)c1ccc(SCc2ccc(O)cc2)cc1. The fraction of sp³-hybridized carbons (Fsp3) is 0.250. The minimum atomic E-state index is -0.314. The molecule has 0 amide bonds. The highest BCUT2D eigenvalue weighted by molar-refractivity contribution is 7.98. The van der Waals surface area contributed by atoms with E-state index >= 15 is 0 Å². The van der Waals surface area contributed by atoms with Crippen molar-refractivity contribution in [2.45, 2.75) is 16.9 Å². The van der Waals surface area contributed by atoms with Crippen molar-refractivity contribution in [3.63, 3.8) is 0 Å². The highest BCUT2D eigenvalue weighted by Crippen LogP contribution is 2.26. The van der Waals surface area contributed by atoms with E-state index in [4.69, 9.17) is 9.47 Å². The van der Waals surface area contributed by atoms with Crippen LogP contribution >= 0.6 is 11.8 Å². The summed E-state index contributed by atoms with van der Waals surface area (Å²) in [4.78, 5) is 1.19. The second kappa shape index (κ2) is 7.33. The van der Waals surface area contributed by atoms with E-state index in [0.29, 0.717) is 5.75 Å². The quantitative estimate of drug-likeness (QED) is 0.645. The van der Waals surface area contributed by atoms with Gasteiger partial charge in [0.15, 0.2) is 6.29 Å².